The second-order valence-corrected chi connectivity index (χ2v) is 9.46. The minimum Gasteiger partial charge on any atom is -0.338 e. The molecular formula is C24H31N3O2S. The molecule has 160 valence electrons. The van der Waals surface area contributed by atoms with Crippen LogP contribution in [-0.2, 0) is 16.0 Å². The van der Waals surface area contributed by atoms with Crippen LogP contribution in [0.5, 0.6) is 0 Å². The van der Waals surface area contributed by atoms with E-state index in [1.54, 1.807) is 0 Å². The number of piperazine rings is 1. The second-order valence-electron chi connectivity index (χ2n) is 8.46. The van der Waals surface area contributed by atoms with E-state index >= 15 is 0 Å². The Balaban J connectivity index is 1.50. The fourth-order valence-electron chi connectivity index (χ4n) is 4.71. The van der Waals surface area contributed by atoms with E-state index in [-0.39, 0.29) is 23.9 Å². The molecule has 2 unspecified atom stereocenters. The molecule has 0 N–H and O–H groups in total. The first-order valence-corrected chi connectivity index (χ1v) is 11.8. The Morgan fingerprint density at radius 3 is 2.53 bits per heavy atom. The fourth-order valence-corrected chi connectivity index (χ4v) is 5.61. The van der Waals surface area contributed by atoms with Crippen molar-refractivity contribution in [1.82, 2.24) is 14.7 Å². The number of amides is 2. The van der Waals surface area contributed by atoms with Crippen LogP contribution in [0.4, 0.5) is 0 Å². The van der Waals surface area contributed by atoms with E-state index < -0.39 is 0 Å². The molecule has 30 heavy (non-hydrogen) atoms. The van der Waals surface area contributed by atoms with Crippen molar-refractivity contribution >= 4 is 23.2 Å². The molecule has 1 aromatic carbocycles. The zero-order valence-electron chi connectivity index (χ0n) is 18.1. The minimum absolute atomic E-state index is 0.0767. The van der Waals surface area contributed by atoms with E-state index in [1.165, 1.54) is 21.6 Å². The highest BCUT2D eigenvalue weighted by molar-refractivity contribution is 7.10. The summed E-state index contributed by atoms with van der Waals surface area (Å²) < 4.78 is 0. The van der Waals surface area contributed by atoms with E-state index in [0.717, 1.165) is 13.0 Å². The van der Waals surface area contributed by atoms with E-state index in [2.05, 4.69) is 47.5 Å². The van der Waals surface area contributed by atoms with E-state index in [0.29, 0.717) is 32.6 Å². The van der Waals surface area contributed by atoms with Gasteiger partial charge in [-0.1, -0.05) is 36.8 Å². The molecule has 2 atom stereocenters. The SMILES string of the molecule is CCC(=O)N1CCN(C(=O)CN2CCc3sccc3C2c2ccc(C)cc2)CC1C. The first-order chi connectivity index (χ1) is 14.5. The Bertz CT molecular complexity index is 907. The average molecular weight is 426 g/mol. The van der Waals surface area contributed by atoms with Gasteiger partial charge in [-0.15, -0.1) is 11.3 Å². The summed E-state index contributed by atoms with van der Waals surface area (Å²) in [6.07, 6.45) is 1.52. The standard InChI is InChI=1S/C24H31N3O2S/c1-4-22(28)27-13-12-25(15-18(27)3)23(29)16-26-11-9-21-20(10-14-30-21)24(26)19-7-5-17(2)6-8-19/h5-8,10,14,18,24H,4,9,11-13,15-16H2,1-3H3. The van der Waals surface area contributed by atoms with Gasteiger partial charge in [-0.2, -0.15) is 0 Å². The molecule has 2 aliphatic rings. The van der Waals surface area contributed by atoms with Crippen molar-refractivity contribution in [3.63, 3.8) is 0 Å². The monoisotopic (exact) mass is 425 g/mol. The van der Waals surface area contributed by atoms with Gasteiger partial charge in [-0.3, -0.25) is 14.5 Å². The molecule has 3 heterocycles. The van der Waals surface area contributed by atoms with Gasteiger partial charge in [0.2, 0.25) is 11.8 Å². The molecule has 1 fully saturated rings. The Labute approximate surface area is 183 Å². The Morgan fingerprint density at radius 2 is 1.83 bits per heavy atom. The summed E-state index contributed by atoms with van der Waals surface area (Å²) in [7, 11) is 0. The van der Waals surface area contributed by atoms with Gasteiger partial charge < -0.3 is 9.80 Å². The minimum atomic E-state index is 0.0767. The normalized spacial score (nSPS) is 22.1. The highest BCUT2D eigenvalue weighted by Crippen LogP contribution is 2.37. The zero-order chi connectivity index (χ0) is 21.3. The maximum atomic E-state index is 13.2. The van der Waals surface area contributed by atoms with Crippen LogP contribution in [0, 0.1) is 6.92 Å². The third-order valence-electron chi connectivity index (χ3n) is 6.40. The molecule has 2 aromatic rings. The first kappa shape index (κ1) is 21.1. The lowest BCUT2D eigenvalue weighted by atomic mass is 9.92. The van der Waals surface area contributed by atoms with Gasteiger partial charge in [-0.05, 0) is 42.8 Å². The molecule has 0 spiro atoms. The van der Waals surface area contributed by atoms with Crippen molar-refractivity contribution in [1.29, 1.82) is 0 Å². The zero-order valence-corrected chi connectivity index (χ0v) is 19.0. The van der Waals surface area contributed by atoms with Crippen molar-refractivity contribution in [3.8, 4) is 0 Å². The number of aryl methyl sites for hydroxylation is 1. The summed E-state index contributed by atoms with van der Waals surface area (Å²) in [5.41, 5.74) is 3.84. The third kappa shape index (κ3) is 4.16. The predicted molar refractivity (Wildman–Crippen MR) is 121 cm³/mol. The lowest BCUT2D eigenvalue weighted by molar-refractivity contribution is -0.143. The van der Waals surface area contributed by atoms with Crippen molar-refractivity contribution < 1.29 is 9.59 Å². The van der Waals surface area contributed by atoms with Crippen LogP contribution in [0.3, 0.4) is 0 Å². The highest BCUT2D eigenvalue weighted by Gasteiger charge is 2.34. The summed E-state index contributed by atoms with van der Waals surface area (Å²) in [6.45, 7) is 9.23. The van der Waals surface area contributed by atoms with E-state index in [4.69, 9.17) is 0 Å². The van der Waals surface area contributed by atoms with Gasteiger partial charge in [0.25, 0.3) is 0 Å². The molecule has 6 heteroatoms. The number of benzene rings is 1. The van der Waals surface area contributed by atoms with Gasteiger partial charge in [0.1, 0.15) is 0 Å². The highest BCUT2D eigenvalue weighted by atomic mass is 32.1. The molecule has 2 amide bonds. The number of rotatable bonds is 4. The number of fused-ring (bicyclic) bond motifs is 1. The Hall–Kier alpha value is -2.18. The maximum Gasteiger partial charge on any atom is 0.236 e. The number of carbonyl (C=O) groups excluding carboxylic acids is 2. The average Bonchev–Trinajstić information content (AvgIpc) is 3.22. The molecule has 1 saturated heterocycles. The van der Waals surface area contributed by atoms with Gasteiger partial charge in [0, 0.05) is 43.5 Å². The molecule has 0 bridgehead atoms. The molecule has 4 rings (SSSR count). The lowest BCUT2D eigenvalue weighted by Crippen LogP contribution is -2.57. The van der Waals surface area contributed by atoms with Crippen molar-refractivity contribution in [2.75, 3.05) is 32.7 Å². The summed E-state index contributed by atoms with van der Waals surface area (Å²) in [5, 5.41) is 2.17. The quantitative estimate of drug-likeness (QED) is 0.753. The number of hydrogen-bond donors (Lipinski definition) is 0. The second kappa shape index (κ2) is 8.90. The smallest absolute Gasteiger partial charge is 0.236 e. The summed E-state index contributed by atoms with van der Waals surface area (Å²) in [6, 6.07) is 11.1. The molecule has 0 radical (unpaired) electrons. The number of carbonyl (C=O) groups is 2. The molecule has 1 aromatic heterocycles. The van der Waals surface area contributed by atoms with E-state index in [9.17, 15) is 9.59 Å². The van der Waals surface area contributed by atoms with Crippen LogP contribution in [0.1, 0.15) is 47.9 Å². The molecule has 0 aliphatic carbocycles. The van der Waals surface area contributed by atoms with Crippen LogP contribution < -0.4 is 0 Å². The molecular weight excluding hydrogens is 394 g/mol. The van der Waals surface area contributed by atoms with Crippen LogP contribution in [0.2, 0.25) is 0 Å². The fraction of sp³-hybridized carbons (Fsp3) is 0.500. The first-order valence-electron chi connectivity index (χ1n) is 10.9. The predicted octanol–water partition coefficient (Wildman–Crippen LogP) is 3.47. The van der Waals surface area contributed by atoms with Crippen LogP contribution in [-0.4, -0.2) is 65.3 Å². The van der Waals surface area contributed by atoms with Gasteiger partial charge >= 0.3 is 0 Å². The molecule has 5 nitrogen and oxygen atoms in total. The van der Waals surface area contributed by atoms with Crippen molar-refractivity contribution in [2.24, 2.45) is 0 Å². The van der Waals surface area contributed by atoms with Crippen LogP contribution >= 0.6 is 11.3 Å². The summed E-state index contributed by atoms with van der Waals surface area (Å²) in [5.74, 6) is 0.344. The number of hydrogen-bond acceptors (Lipinski definition) is 4. The number of thiophene rings is 1. The van der Waals surface area contributed by atoms with Crippen LogP contribution in [0.15, 0.2) is 35.7 Å². The molecule has 0 saturated carbocycles. The number of nitrogens with zero attached hydrogens (tertiary/aromatic N) is 3. The lowest BCUT2D eigenvalue weighted by Gasteiger charge is -2.42. The topological polar surface area (TPSA) is 43.9 Å². The van der Waals surface area contributed by atoms with Gasteiger partial charge in [-0.25, -0.2) is 0 Å². The van der Waals surface area contributed by atoms with E-state index in [1.807, 2.05) is 35.0 Å². The Morgan fingerprint density at radius 1 is 1.07 bits per heavy atom. The van der Waals surface area contributed by atoms with Crippen LogP contribution in [0.25, 0.3) is 0 Å². The van der Waals surface area contributed by atoms with Crippen molar-refractivity contribution in [2.45, 2.75) is 45.7 Å². The maximum absolute atomic E-state index is 13.2. The summed E-state index contributed by atoms with van der Waals surface area (Å²) >= 11 is 1.82. The Kier molecular flexibility index (Phi) is 6.25. The molecule has 2 aliphatic heterocycles. The van der Waals surface area contributed by atoms with Crippen molar-refractivity contribution in [3.05, 3.63) is 57.3 Å². The van der Waals surface area contributed by atoms with Gasteiger partial charge in [0.15, 0.2) is 0 Å². The summed E-state index contributed by atoms with van der Waals surface area (Å²) in [4.78, 5) is 32.9. The van der Waals surface area contributed by atoms with Gasteiger partial charge in [0.05, 0.1) is 12.6 Å². The third-order valence-corrected chi connectivity index (χ3v) is 7.40. The largest absolute Gasteiger partial charge is 0.338 e.